The third-order valence-corrected chi connectivity index (χ3v) is 1.75. The lowest BCUT2D eigenvalue weighted by atomic mass is 10.3. The molecule has 68 valence electrons. The van der Waals surface area contributed by atoms with Gasteiger partial charge >= 0.3 is 0 Å². The molecule has 0 aliphatic carbocycles. The molecule has 0 unspecified atom stereocenters. The molecule has 1 aromatic rings. The Bertz CT molecular complexity index is 300. The fourth-order valence-electron chi connectivity index (χ4n) is 1.13. The van der Waals surface area contributed by atoms with Crippen molar-refractivity contribution in [2.24, 2.45) is 0 Å². The van der Waals surface area contributed by atoms with Crippen LogP contribution in [0, 0.1) is 0 Å². The van der Waals surface area contributed by atoms with Crippen LogP contribution < -0.4 is 10.3 Å². The van der Waals surface area contributed by atoms with Crippen LogP contribution in [-0.4, -0.2) is 17.6 Å². The molecule has 4 heteroatoms. The molecule has 1 N–H and O–H groups in total. The fraction of sp³-hybridized carbons (Fsp3) is 0.222. The van der Waals surface area contributed by atoms with Gasteiger partial charge in [-0.15, -0.1) is 0 Å². The van der Waals surface area contributed by atoms with Crippen molar-refractivity contribution < 1.29 is 9.63 Å². The minimum Gasteiger partial charge on any atom is -0.386 e. The van der Waals surface area contributed by atoms with Gasteiger partial charge in [-0.2, -0.15) is 0 Å². The summed E-state index contributed by atoms with van der Waals surface area (Å²) in [7, 11) is 0. The van der Waals surface area contributed by atoms with E-state index in [-0.39, 0.29) is 5.91 Å². The lowest BCUT2D eigenvalue weighted by molar-refractivity contribution is -0.131. The average Bonchev–Trinajstić information content (AvgIpc) is 2.53. The van der Waals surface area contributed by atoms with Crippen molar-refractivity contribution in [1.82, 2.24) is 10.6 Å². The van der Waals surface area contributed by atoms with Crippen molar-refractivity contribution >= 4 is 5.91 Å². The van der Waals surface area contributed by atoms with E-state index in [2.05, 4.69) is 5.43 Å². The SMILES string of the molecule is O=C1CCN(Oc2ccccc2)N1. The molecular formula is C9H10N2O2. The Balaban J connectivity index is 1.96. The van der Waals surface area contributed by atoms with Gasteiger partial charge in [-0.25, -0.2) is 0 Å². The summed E-state index contributed by atoms with van der Waals surface area (Å²) in [5.74, 6) is 0.723. The van der Waals surface area contributed by atoms with Gasteiger partial charge in [-0.1, -0.05) is 23.4 Å². The van der Waals surface area contributed by atoms with Gasteiger partial charge in [0.25, 0.3) is 0 Å². The van der Waals surface area contributed by atoms with Gasteiger partial charge in [0.1, 0.15) is 5.75 Å². The van der Waals surface area contributed by atoms with E-state index in [1.165, 1.54) is 5.17 Å². The van der Waals surface area contributed by atoms with Gasteiger partial charge in [-0.05, 0) is 12.1 Å². The van der Waals surface area contributed by atoms with Crippen molar-refractivity contribution in [3.63, 3.8) is 0 Å². The first-order valence-electron chi connectivity index (χ1n) is 4.14. The number of hydroxylamine groups is 1. The first-order chi connectivity index (χ1) is 6.34. The number of hydrazine groups is 1. The molecular weight excluding hydrogens is 168 g/mol. The highest BCUT2D eigenvalue weighted by Gasteiger charge is 2.19. The lowest BCUT2D eigenvalue weighted by Gasteiger charge is -2.14. The van der Waals surface area contributed by atoms with E-state index < -0.39 is 0 Å². The standard InChI is InChI=1S/C9H10N2O2/c12-9-6-7-11(10-9)13-8-4-2-1-3-5-8/h1-5H,6-7H2,(H,10,12). The summed E-state index contributed by atoms with van der Waals surface area (Å²) in [5, 5.41) is 1.44. The molecule has 1 aliphatic rings. The third-order valence-electron chi connectivity index (χ3n) is 1.75. The number of nitrogens with one attached hydrogen (secondary N) is 1. The van der Waals surface area contributed by atoms with Crippen LogP contribution in [0.5, 0.6) is 5.75 Å². The number of para-hydroxylation sites is 1. The first kappa shape index (κ1) is 8.07. The molecule has 0 radical (unpaired) electrons. The highest BCUT2D eigenvalue weighted by Crippen LogP contribution is 2.11. The fourth-order valence-corrected chi connectivity index (χ4v) is 1.13. The number of carbonyl (C=O) groups excluding carboxylic acids is 1. The minimum absolute atomic E-state index is 0.00377. The molecule has 1 fully saturated rings. The quantitative estimate of drug-likeness (QED) is 0.725. The van der Waals surface area contributed by atoms with Gasteiger partial charge in [-0.3, -0.25) is 10.2 Å². The van der Waals surface area contributed by atoms with Crippen molar-refractivity contribution in [2.45, 2.75) is 6.42 Å². The van der Waals surface area contributed by atoms with E-state index in [0.717, 1.165) is 5.75 Å². The molecule has 1 heterocycles. The molecule has 2 rings (SSSR count). The first-order valence-corrected chi connectivity index (χ1v) is 4.14. The number of benzene rings is 1. The van der Waals surface area contributed by atoms with Crippen molar-refractivity contribution in [2.75, 3.05) is 6.54 Å². The second-order valence-corrected chi connectivity index (χ2v) is 2.79. The Morgan fingerprint density at radius 2 is 2.08 bits per heavy atom. The topological polar surface area (TPSA) is 41.6 Å². The van der Waals surface area contributed by atoms with E-state index in [0.29, 0.717) is 13.0 Å². The zero-order chi connectivity index (χ0) is 9.10. The van der Waals surface area contributed by atoms with Crippen LogP contribution in [0.4, 0.5) is 0 Å². The summed E-state index contributed by atoms with van der Waals surface area (Å²) < 4.78 is 0. The molecule has 0 saturated carbocycles. The van der Waals surface area contributed by atoms with E-state index >= 15 is 0 Å². The number of amides is 1. The van der Waals surface area contributed by atoms with Gasteiger partial charge in [0.2, 0.25) is 5.91 Å². The van der Waals surface area contributed by atoms with Crippen LogP contribution in [-0.2, 0) is 4.79 Å². The zero-order valence-electron chi connectivity index (χ0n) is 7.06. The molecule has 0 spiro atoms. The van der Waals surface area contributed by atoms with E-state index in [1.807, 2.05) is 30.3 Å². The summed E-state index contributed by atoms with van der Waals surface area (Å²) in [4.78, 5) is 16.2. The van der Waals surface area contributed by atoms with Crippen molar-refractivity contribution in [3.05, 3.63) is 30.3 Å². The molecule has 0 aromatic heterocycles. The second kappa shape index (κ2) is 3.45. The Morgan fingerprint density at radius 3 is 2.69 bits per heavy atom. The van der Waals surface area contributed by atoms with Crippen LogP contribution in [0.1, 0.15) is 6.42 Å². The molecule has 13 heavy (non-hydrogen) atoms. The maximum absolute atomic E-state index is 10.8. The van der Waals surface area contributed by atoms with Crippen LogP contribution in [0.15, 0.2) is 30.3 Å². The predicted octanol–water partition coefficient (Wildman–Crippen LogP) is 0.717. The third kappa shape index (κ3) is 1.97. The second-order valence-electron chi connectivity index (χ2n) is 2.79. The summed E-state index contributed by atoms with van der Waals surface area (Å²) in [5.41, 5.74) is 2.57. The summed E-state index contributed by atoms with van der Waals surface area (Å²) in [6, 6.07) is 9.35. The summed E-state index contributed by atoms with van der Waals surface area (Å²) in [6.45, 7) is 0.591. The largest absolute Gasteiger partial charge is 0.386 e. The van der Waals surface area contributed by atoms with E-state index in [1.54, 1.807) is 0 Å². The average molecular weight is 178 g/mol. The summed E-state index contributed by atoms with van der Waals surface area (Å²) in [6.07, 6.45) is 0.493. The molecule has 4 nitrogen and oxygen atoms in total. The Kier molecular flexibility index (Phi) is 2.14. The maximum Gasteiger partial charge on any atom is 0.238 e. The monoisotopic (exact) mass is 178 g/mol. The van der Waals surface area contributed by atoms with Crippen molar-refractivity contribution in [1.29, 1.82) is 0 Å². The number of hydrogen-bond donors (Lipinski definition) is 1. The van der Waals surface area contributed by atoms with E-state index in [9.17, 15) is 4.79 Å². The van der Waals surface area contributed by atoms with Crippen LogP contribution in [0.3, 0.4) is 0 Å². The van der Waals surface area contributed by atoms with Crippen LogP contribution in [0.2, 0.25) is 0 Å². The smallest absolute Gasteiger partial charge is 0.238 e. The van der Waals surface area contributed by atoms with Crippen molar-refractivity contribution in [3.8, 4) is 5.75 Å². The molecule has 0 bridgehead atoms. The van der Waals surface area contributed by atoms with E-state index in [4.69, 9.17) is 4.84 Å². The molecule has 0 atom stereocenters. The molecule has 1 aromatic carbocycles. The zero-order valence-corrected chi connectivity index (χ0v) is 7.06. The lowest BCUT2D eigenvalue weighted by Crippen LogP contribution is -2.35. The number of nitrogens with zero attached hydrogens (tertiary/aromatic N) is 1. The number of carbonyl (C=O) groups is 1. The van der Waals surface area contributed by atoms with Crippen LogP contribution >= 0.6 is 0 Å². The molecule has 1 aliphatic heterocycles. The highest BCUT2D eigenvalue weighted by molar-refractivity contribution is 5.77. The Morgan fingerprint density at radius 1 is 1.31 bits per heavy atom. The molecule has 1 amide bonds. The molecule has 1 saturated heterocycles. The normalized spacial score (nSPS) is 17.1. The number of rotatable bonds is 2. The predicted molar refractivity (Wildman–Crippen MR) is 46.5 cm³/mol. The summed E-state index contributed by atoms with van der Waals surface area (Å²) >= 11 is 0. The van der Waals surface area contributed by atoms with Crippen LogP contribution in [0.25, 0.3) is 0 Å². The van der Waals surface area contributed by atoms with Gasteiger partial charge in [0.15, 0.2) is 0 Å². The minimum atomic E-state index is -0.00377. The van der Waals surface area contributed by atoms with Gasteiger partial charge in [0.05, 0.1) is 6.54 Å². The highest BCUT2D eigenvalue weighted by atomic mass is 16.7. The van der Waals surface area contributed by atoms with Gasteiger partial charge < -0.3 is 4.84 Å². The Hall–Kier alpha value is -1.55. The number of hydrogen-bond acceptors (Lipinski definition) is 3. The van der Waals surface area contributed by atoms with Gasteiger partial charge in [0, 0.05) is 6.42 Å². The Labute approximate surface area is 76.0 Å². The maximum atomic E-state index is 10.8.